The number of ether oxygens (including phenoxy) is 1. The lowest BCUT2D eigenvalue weighted by atomic mass is 10.2. The molecule has 1 N–H and O–H groups in total. The number of hydrogen-bond acceptors (Lipinski definition) is 6. The van der Waals surface area contributed by atoms with Crippen LogP contribution in [0.2, 0.25) is 0 Å². The predicted octanol–water partition coefficient (Wildman–Crippen LogP) is 2.49. The fourth-order valence-corrected chi connectivity index (χ4v) is 2.66. The van der Waals surface area contributed by atoms with Crippen LogP contribution in [0, 0.1) is 0 Å². The normalized spacial score (nSPS) is 10.4. The average molecular weight is 377 g/mol. The number of aromatic nitrogens is 3. The molecule has 7 heteroatoms. The number of methoxy groups -OCH3 is 1. The molecule has 0 spiro atoms. The second-order valence-electron chi connectivity index (χ2n) is 6.32. The van der Waals surface area contributed by atoms with E-state index in [0.717, 1.165) is 24.3 Å². The molecule has 0 saturated heterocycles. The highest BCUT2D eigenvalue weighted by Crippen LogP contribution is 2.12. The van der Waals surface area contributed by atoms with Crippen molar-refractivity contribution in [1.29, 1.82) is 0 Å². The van der Waals surface area contributed by atoms with E-state index in [1.807, 2.05) is 48.3 Å². The van der Waals surface area contributed by atoms with E-state index in [-0.39, 0.29) is 5.91 Å². The number of likely N-dealkylation sites (N-methyl/N-ethyl adjacent to an activating group) is 1. The Hall–Kier alpha value is -3.48. The number of amides is 1. The Morgan fingerprint density at radius 1 is 1.07 bits per heavy atom. The van der Waals surface area contributed by atoms with Crippen molar-refractivity contribution in [2.45, 2.75) is 13.0 Å². The molecule has 3 aromatic rings. The molecule has 2 heterocycles. The summed E-state index contributed by atoms with van der Waals surface area (Å²) in [7, 11) is 3.57. The number of hydrogen-bond donors (Lipinski definition) is 1. The number of nitrogens with zero attached hydrogens (tertiary/aromatic N) is 4. The first-order chi connectivity index (χ1) is 13.7. The van der Waals surface area contributed by atoms with Gasteiger partial charge < -0.3 is 15.0 Å². The van der Waals surface area contributed by atoms with Crippen LogP contribution in [0.4, 0.5) is 5.82 Å². The van der Waals surface area contributed by atoms with Crippen molar-refractivity contribution >= 4 is 11.7 Å². The Labute approximate surface area is 164 Å². The Morgan fingerprint density at radius 3 is 2.54 bits per heavy atom. The zero-order valence-electron chi connectivity index (χ0n) is 16.0. The van der Waals surface area contributed by atoms with Crippen molar-refractivity contribution < 1.29 is 9.53 Å². The van der Waals surface area contributed by atoms with Crippen LogP contribution < -0.4 is 15.0 Å². The van der Waals surface area contributed by atoms with Crippen LogP contribution >= 0.6 is 0 Å². The molecule has 7 nitrogen and oxygen atoms in total. The van der Waals surface area contributed by atoms with Crippen LogP contribution in [0.15, 0.2) is 61.2 Å². The molecule has 0 aliphatic rings. The van der Waals surface area contributed by atoms with Gasteiger partial charge in [0.15, 0.2) is 0 Å². The third-order valence-electron chi connectivity index (χ3n) is 4.37. The van der Waals surface area contributed by atoms with E-state index in [4.69, 9.17) is 4.74 Å². The summed E-state index contributed by atoms with van der Waals surface area (Å²) in [5.74, 6) is 1.26. The minimum absolute atomic E-state index is 0.234. The number of pyridine rings is 1. The van der Waals surface area contributed by atoms with E-state index in [1.54, 1.807) is 25.6 Å². The van der Waals surface area contributed by atoms with Crippen molar-refractivity contribution in [2.24, 2.45) is 0 Å². The molecule has 0 bridgehead atoms. The van der Waals surface area contributed by atoms with Gasteiger partial charge in [0, 0.05) is 38.6 Å². The maximum Gasteiger partial charge on any atom is 0.270 e. The number of benzene rings is 1. The lowest BCUT2D eigenvalue weighted by Crippen LogP contribution is -2.26. The summed E-state index contributed by atoms with van der Waals surface area (Å²) in [5.41, 5.74) is 2.53. The minimum Gasteiger partial charge on any atom is -0.497 e. The van der Waals surface area contributed by atoms with Crippen molar-refractivity contribution in [3.63, 3.8) is 0 Å². The van der Waals surface area contributed by atoms with Crippen LogP contribution in [0.5, 0.6) is 5.75 Å². The van der Waals surface area contributed by atoms with E-state index < -0.39 is 0 Å². The van der Waals surface area contributed by atoms with Crippen molar-refractivity contribution in [3.05, 3.63) is 78.0 Å². The molecule has 0 saturated carbocycles. The van der Waals surface area contributed by atoms with Gasteiger partial charge >= 0.3 is 0 Å². The van der Waals surface area contributed by atoms with Crippen molar-refractivity contribution in [2.75, 3.05) is 25.6 Å². The van der Waals surface area contributed by atoms with Crippen LogP contribution in [-0.4, -0.2) is 41.6 Å². The summed E-state index contributed by atoms with van der Waals surface area (Å²) in [5, 5.41) is 2.88. The number of carbonyl (C=O) groups excluding carboxylic acids is 1. The second kappa shape index (κ2) is 9.45. The van der Waals surface area contributed by atoms with Crippen LogP contribution in [0.25, 0.3) is 0 Å². The van der Waals surface area contributed by atoms with Gasteiger partial charge in [-0.05, 0) is 41.8 Å². The van der Waals surface area contributed by atoms with Gasteiger partial charge in [-0.1, -0.05) is 12.1 Å². The Balaban J connectivity index is 1.57. The number of anilines is 1. The first-order valence-corrected chi connectivity index (χ1v) is 8.99. The third kappa shape index (κ3) is 5.26. The van der Waals surface area contributed by atoms with Gasteiger partial charge in [0.25, 0.3) is 5.91 Å². The van der Waals surface area contributed by atoms with Gasteiger partial charge in [-0.3, -0.25) is 9.78 Å². The number of rotatable bonds is 8. The molecule has 1 aromatic carbocycles. The maximum atomic E-state index is 12.4. The van der Waals surface area contributed by atoms with E-state index in [1.165, 1.54) is 11.9 Å². The molecule has 3 rings (SSSR count). The first-order valence-electron chi connectivity index (χ1n) is 8.99. The topological polar surface area (TPSA) is 80.2 Å². The second-order valence-corrected chi connectivity index (χ2v) is 6.32. The van der Waals surface area contributed by atoms with Gasteiger partial charge in [-0.25, -0.2) is 9.97 Å². The largest absolute Gasteiger partial charge is 0.497 e. The molecular formula is C21H23N5O2. The molecule has 0 aliphatic carbocycles. The molecular weight excluding hydrogens is 354 g/mol. The molecule has 0 radical (unpaired) electrons. The SMILES string of the molecule is COc1ccc(CNC(=O)c2cc(N(C)CCc3ccncc3)ncn2)cc1. The maximum absolute atomic E-state index is 12.4. The average Bonchev–Trinajstić information content (AvgIpc) is 2.77. The lowest BCUT2D eigenvalue weighted by molar-refractivity contribution is 0.0946. The number of carbonyl (C=O) groups is 1. The molecule has 2 aromatic heterocycles. The smallest absolute Gasteiger partial charge is 0.270 e. The van der Waals surface area contributed by atoms with Crippen molar-refractivity contribution in [3.8, 4) is 5.75 Å². The zero-order valence-corrected chi connectivity index (χ0v) is 16.0. The fraction of sp³-hybridized carbons (Fsp3) is 0.238. The molecule has 1 amide bonds. The monoisotopic (exact) mass is 377 g/mol. The highest BCUT2D eigenvalue weighted by molar-refractivity contribution is 5.92. The standard InChI is InChI=1S/C21H23N5O2/c1-26(12-9-16-7-10-22-11-8-16)20-13-19(24-15-25-20)21(27)23-14-17-3-5-18(28-2)6-4-17/h3-8,10-11,13,15H,9,12,14H2,1-2H3,(H,23,27). The predicted molar refractivity (Wildman–Crippen MR) is 107 cm³/mol. The Morgan fingerprint density at radius 2 is 1.82 bits per heavy atom. The molecule has 28 heavy (non-hydrogen) atoms. The summed E-state index contributed by atoms with van der Waals surface area (Å²) >= 11 is 0. The van der Waals surface area contributed by atoms with Gasteiger partial charge in [-0.2, -0.15) is 0 Å². The van der Waals surface area contributed by atoms with Gasteiger partial charge in [0.2, 0.25) is 0 Å². The van der Waals surface area contributed by atoms with E-state index in [9.17, 15) is 4.79 Å². The van der Waals surface area contributed by atoms with E-state index in [0.29, 0.717) is 18.1 Å². The minimum atomic E-state index is -0.234. The van der Waals surface area contributed by atoms with Crippen molar-refractivity contribution in [1.82, 2.24) is 20.3 Å². The Bertz CT molecular complexity index is 900. The highest BCUT2D eigenvalue weighted by Gasteiger charge is 2.11. The fourth-order valence-electron chi connectivity index (χ4n) is 2.66. The highest BCUT2D eigenvalue weighted by atomic mass is 16.5. The molecule has 0 aliphatic heterocycles. The summed E-state index contributed by atoms with van der Waals surface area (Å²) in [6.45, 7) is 1.19. The third-order valence-corrected chi connectivity index (χ3v) is 4.37. The lowest BCUT2D eigenvalue weighted by Gasteiger charge is -2.18. The summed E-state index contributed by atoms with van der Waals surface area (Å²) in [6.07, 6.45) is 5.85. The number of nitrogens with one attached hydrogen (secondary N) is 1. The Kier molecular flexibility index (Phi) is 6.51. The van der Waals surface area contributed by atoms with Crippen LogP contribution in [0.3, 0.4) is 0 Å². The zero-order chi connectivity index (χ0) is 19.8. The molecule has 144 valence electrons. The van der Waals surface area contributed by atoms with Gasteiger partial charge in [-0.15, -0.1) is 0 Å². The van der Waals surface area contributed by atoms with E-state index >= 15 is 0 Å². The van der Waals surface area contributed by atoms with E-state index in [2.05, 4.69) is 20.3 Å². The van der Waals surface area contributed by atoms with Crippen LogP contribution in [0.1, 0.15) is 21.6 Å². The van der Waals surface area contributed by atoms with Gasteiger partial charge in [0.05, 0.1) is 7.11 Å². The van der Waals surface area contributed by atoms with Crippen LogP contribution in [-0.2, 0) is 13.0 Å². The quantitative estimate of drug-likeness (QED) is 0.650. The first kappa shape index (κ1) is 19.3. The summed E-state index contributed by atoms with van der Waals surface area (Å²) < 4.78 is 5.14. The molecule has 0 fully saturated rings. The molecule has 0 atom stereocenters. The summed E-state index contributed by atoms with van der Waals surface area (Å²) in [4.78, 5) is 26.9. The molecule has 0 unspecified atom stereocenters. The summed E-state index contributed by atoms with van der Waals surface area (Å²) in [6, 6.07) is 13.2. The van der Waals surface area contributed by atoms with Gasteiger partial charge in [0.1, 0.15) is 23.6 Å².